The van der Waals surface area contributed by atoms with Crippen LogP contribution in [0.3, 0.4) is 0 Å². The fourth-order valence-electron chi connectivity index (χ4n) is 13.2. The van der Waals surface area contributed by atoms with Crippen LogP contribution in [-0.2, 0) is 65.4 Å². The van der Waals surface area contributed by atoms with Gasteiger partial charge in [-0.2, -0.15) is 0 Å². The summed E-state index contributed by atoms with van der Waals surface area (Å²) in [4.78, 5) is 73.2. The van der Waals surface area contributed by atoms with Gasteiger partial charge in [0.25, 0.3) is 0 Å². The van der Waals surface area contributed by atoms with Crippen LogP contribution in [0.5, 0.6) is 0 Å². The minimum Gasteiger partial charge on any atom is -0.462 e. The van der Waals surface area contributed by atoms with Gasteiger partial charge in [0.15, 0.2) is 12.2 Å². The number of esters is 4. The molecule has 3 N–H and O–H groups in total. The van der Waals surface area contributed by atoms with Gasteiger partial charge in [-0.05, 0) is 37.5 Å². The quantitative estimate of drug-likeness (QED) is 0.0222. The first-order chi connectivity index (χ1) is 50.4. The van der Waals surface area contributed by atoms with E-state index in [1.807, 2.05) is 0 Å². The Hall–Kier alpha value is -1.94. The first kappa shape index (κ1) is 102. The summed E-state index contributed by atoms with van der Waals surface area (Å²) in [7, 11) is -9.93. The fourth-order valence-corrected chi connectivity index (χ4v) is 14.8. The first-order valence-corrected chi connectivity index (χ1v) is 47.1. The third kappa shape index (κ3) is 75.5. The van der Waals surface area contributed by atoms with Crippen molar-refractivity contribution >= 4 is 39.5 Å². The molecule has 0 radical (unpaired) electrons. The molecule has 0 aliphatic carbocycles. The van der Waals surface area contributed by atoms with Crippen molar-refractivity contribution in [3.05, 3.63) is 0 Å². The molecule has 0 aliphatic heterocycles. The molecule has 0 aliphatic rings. The highest BCUT2D eigenvalue weighted by atomic mass is 31.2. The molecule has 0 aromatic rings. The van der Waals surface area contributed by atoms with Gasteiger partial charge in [0.05, 0.1) is 26.4 Å². The van der Waals surface area contributed by atoms with Crippen LogP contribution in [0.25, 0.3) is 0 Å². The van der Waals surface area contributed by atoms with E-state index in [0.717, 1.165) is 102 Å². The molecule has 0 amide bonds. The van der Waals surface area contributed by atoms with Crippen molar-refractivity contribution in [2.45, 2.75) is 471 Å². The lowest BCUT2D eigenvalue weighted by molar-refractivity contribution is -0.161. The Morgan fingerprint density at radius 2 is 0.462 bits per heavy atom. The van der Waals surface area contributed by atoms with Crippen LogP contribution in [0.2, 0.25) is 0 Å². The summed E-state index contributed by atoms with van der Waals surface area (Å²) < 4.78 is 68.9. The maximum absolute atomic E-state index is 13.1. The Morgan fingerprint density at radius 1 is 0.269 bits per heavy atom. The molecule has 17 nitrogen and oxygen atoms in total. The van der Waals surface area contributed by atoms with Gasteiger partial charge in [0, 0.05) is 25.7 Å². The molecule has 7 atom stereocenters. The molecule has 0 aromatic carbocycles. The van der Waals surface area contributed by atoms with Crippen LogP contribution in [0.1, 0.15) is 452 Å². The van der Waals surface area contributed by atoms with Crippen molar-refractivity contribution in [3.8, 4) is 0 Å². The molecule has 0 saturated carbocycles. The van der Waals surface area contributed by atoms with Gasteiger partial charge in [-0.3, -0.25) is 37.3 Å². The summed E-state index contributed by atoms with van der Waals surface area (Å²) in [6.45, 7) is 9.78. The summed E-state index contributed by atoms with van der Waals surface area (Å²) in [5.74, 6) is -0.405. The van der Waals surface area contributed by atoms with E-state index in [1.165, 1.54) is 270 Å². The number of aliphatic hydroxyl groups excluding tert-OH is 1. The highest BCUT2D eigenvalue weighted by Crippen LogP contribution is 2.45. The summed E-state index contributed by atoms with van der Waals surface area (Å²) in [6.07, 6.45) is 67.7. The van der Waals surface area contributed by atoms with Crippen molar-refractivity contribution in [1.82, 2.24) is 0 Å². The number of hydrogen-bond acceptors (Lipinski definition) is 15. The number of ether oxygens (including phenoxy) is 4. The zero-order chi connectivity index (χ0) is 76.4. The fraction of sp³-hybridized carbons (Fsp3) is 0.953. The van der Waals surface area contributed by atoms with Crippen molar-refractivity contribution in [3.63, 3.8) is 0 Å². The summed E-state index contributed by atoms with van der Waals surface area (Å²) >= 11 is 0. The Morgan fingerprint density at radius 3 is 0.683 bits per heavy atom. The van der Waals surface area contributed by atoms with Crippen LogP contribution in [0.4, 0.5) is 0 Å². The van der Waals surface area contributed by atoms with Crippen LogP contribution in [0.15, 0.2) is 0 Å². The maximum atomic E-state index is 13.1. The monoisotopic (exact) mass is 1520 g/mol. The van der Waals surface area contributed by atoms with Crippen LogP contribution in [0, 0.1) is 11.8 Å². The summed E-state index contributed by atoms with van der Waals surface area (Å²) in [5.41, 5.74) is 0. The number of phosphoric acid groups is 2. The Balaban J connectivity index is 5.25. The normalized spacial score (nSPS) is 14.4. The second-order valence-electron chi connectivity index (χ2n) is 31.1. The zero-order valence-corrected chi connectivity index (χ0v) is 70.1. The number of unbranched alkanes of at least 4 members (excludes halogenated alkanes) is 52. The van der Waals surface area contributed by atoms with E-state index in [-0.39, 0.29) is 25.7 Å². The summed E-state index contributed by atoms with van der Waals surface area (Å²) in [6, 6.07) is 0. The van der Waals surface area contributed by atoms with Crippen molar-refractivity contribution in [2.24, 2.45) is 11.8 Å². The van der Waals surface area contributed by atoms with E-state index < -0.39 is 97.5 Å². The molecule has 0 aromatic heterocycles. The minimum atomic E-state index is -4.97. The Bertz CT molecular complexity index is 2000. The highest BCUT2D eigenvalue weighted by molar-refractivity contribution is 7.47. The van der Waals surface area contributed by atoms with Crippen molar-refractivity contribution < 1.29 is 80.2 Å². The molecule has 0 spiro atoms. The lowest BCUT2D eigenvalue weighted by Gasteiger charge is -2.21. The second-order valence-corrected chi connectivity index (χ2v) is 34.0. The number of hydrogen-bond donors (Lipinski definition) is 3. The van der Waals surface area contributed by atoms with Gasteiger partial charge >= 0.3 is 39.5 Å². The van der Waals surface area contributed by atoms with E-state index in [0.29, 0.717) is 25.7 Å². The van der Waals surface area contributed by atoms with Gasteiger partial charge in [-0.15, -0.1) is 0 Å². The van der Waals surface area contributed by atoms with Crippen molar-refractivity contribution in [1.29, 1.82) is 0 Å². The molecular formula is C85H166O17P2. The number of aliphatic hydroxyl groups is 1. The van der Waals surface area contributed by atoms with Gasteiger partial charge in [0.2, 0.25) is 0 Å². The molecule has 0 fully saturated rings. The predicted octanol–water partition coefficient (Wildman–Crippen LogP) is 25.8. The highest BCUT2D eigenvalue weighted by Gasteiger charge is 2.30. The topological polar surface area (TPSA) is 237 Å². The molecule has 104 heavy (non-hydrogen) atoms. The number of carbonyl (C=O) groups excluding carboxylic acids is 4. The second kappa shape index (κ2) is 76.4. The number of carbonyl (C=O) groups is 4. The first-order valence-electron chi connectivity index (χ1n) is 44.1. The van der Waals surface area contributed by atoms with Crippen LogP contribution in [-0.4, -0.2) is 96.7 Å². The number of rotatable bonds is 84. The van der Waals surface area contributed by atoms with E-state index in [4.69, 9.17) is 37.0 Å². The molecule has 19 heteroatoms. The predicted molar refractivity (Wildman–Crippen MR) is 428 cm³/mol. The molecule has 618 valence electrons. The molecule has 0 heterocycles. The van der Waals surface area contributed by atoms with Gasteiger partial charge in [-0.25, -0.2) is 9.13 Å². The zero-order valence-electron chi connectivity index (χ0n) is 68.3. The molecule has 0 rings (SSSR count). The van der Waals surface area contributed by atoms with Gasteiger partial charge in [-0.1, -0.05) is 401 Å². The number of phosphoric ester groups is 2. The SMILES string of the molecule is CCCCCCCCCCCCCCCCCCCC(=O)O[C@H](COC(=O)CCCCCCCCCCCCC)COP(=O)(O)OC[C@H](O)COP(=O)(O)OC[C@@H](COC(=O)CCCCCCCCCCCCCCCCC(C)CC)OC(=O)CCCCCCCCCCCCCCCCC(C)CC. The Kier molecular flexibility index (Phi) is 75.0. The minimum absolute atomic E-state index is 0.108. The van der Waals surface area contributed by atoms with Gasteiger partial charge in [0.1, 0.15) is 19.3 Å². The molecular weight excluding hydrogens is 1350 g/mol. The smallest absolute Gasteiger partial charge is 0.462 e. The third-order valence-corrected chi connectivity index (χ3v) is 22.6. The lowest BCUT2D eigenvalue weighted by Crippen LogP contribution is -2.30. The van der Waals surface area contributed by atoms with E-state index >= 15 is 0 Å². The molecule has 0 saturated heterocycles. The van der Waals surface area contributed by atoms with E-state index in [1.54, 1.807) is 0 Å². The molecule has 0 bridgehead atoms. The third-order valence-electron chi connectivity index (χ3n) is 20.7. The average molecular weight is 1520 g/mol. The summed E-state index contributed by atoms with van der Waals surface area (Å²) in [5, 5.41) is 10.7. The van der Waals surface area contributed by atoms with Crippen LogP contribution < -0.4 is 0 Å². The van der Waals surface area contributed by atoms with Crippen molar-refractivity contribution in [2.75, 3.05) is 39.6 Å². The van der Waals surface area contributed by atoms with E-state index in [9.17, 15) is 43.2 Å². The van der Waals surface area contributed by atoms with Crippen LogP contribution >= 0.6 is 15.6 Å². The standard InChI is InChI=1S/C85H166O17P2/c1-7-11-13-15-17-19-21-22-23-24-25-33-39-45-51-57-63-69-84(89)101-80(73-95-82(87)67-61-55-49-43-35-20-18-16-14-12-8-2)75-99-103(91,92)97-71-79(86)72-98-104(93,94)100-76-81(102-85(90)70-64-58-52-46-40-34-29-27-31-37-42-48-54-60-66-78(6)10-4)74-96-83(88)68-62-56-50-44-38-32-28-26-30-36-41-47-53-59-65-77(5)9-3/h77-81,86H,7-76H2,1-6H3,(H,91,92)(H,93,94)/t77?,78?,79-,80+,81+/m0/s1. The largest absolute Gasteiger partial charge is 0.472 e. The lowest BCUT2D eigenvalue weighted by atomic mass is 9.99. The maximum Gasteiger partial charge on any atom is 0.472 e. The molecule has 4 unspecified atom stereocenters. The Labute approximate surface area is 638 Å². The van der Waals surface area contributed by atoms with Gasteiger partial charge < -0.3 is 33.8 Å². The average Bonchev–Trinajstić information content (AvgIpc) is 0.911. The van der Waals surface area contributed by atoms with E-state index in [2.05, 4.69) is 41.5 Å².